The van der Waals surface area contributed by atoms with E-state index in [0.29, 0.717) is 0 Å². The van der Waals surface area contributed by atoms with Crippen molar-refractivity contribution in [2.45, 2.75) is 92.1 Å². The van der Waals surface area contributed by atoms with Crippen LogP contribution in [0, 0.1) is 13.8 Å². The van der Waals surface area contributed by atoms with Crippen LogP contribution in [-0.2, 0) is 26.2 Å². The zero-order valence-corrected chi connectivity index (χ0v) is 38.5. The number of para-hydroxylation sites is 4. The number of hydrogen-bond donors (Lipinski definition) is 0. The van der Waals surface area contributed by atoms with Crippen LogP contribution >= 0.6 is 0 Å². The van der Waals surface area contributed by atoms with Gasteiger partial charge in [0, 0.05) is 69.8 Å². The molecule has 0 aliphatic carbocycles. The van der Waals surface area contributed by atoms with Crippen LogP contribution in [0.3, 0.4) is 0 Å². The maximum atomic E-state index is 4.86. The molecule has 308 valence electrons. The standard InChI is InChI=1S/2C19H23N3.2C7H7.Zr/c2*1-13(2)20-19(21-14(3)4)22-17-11-7-5-9-15(17)16-10-6-8-12-18(16)22;2*1-7-5-3-2-4-6-7;/h2*5-14,19H,1-4H3;2*2-6H,1H2;/q2*-2;2*-1;. The number of aromatic nitrogens is 2. The van der Waals surface area contributed by atoms with Gasteiger partial charge in [0.05, 0.1) is 0 Å². The number of nitrogens with zero attached hydrogens (tertiary/aromatic N) is 6. The molecule has 0 bridgehead atoms. The zero-order valence-electron chi connectivity index (χ0n) is 36.1. The van der Waals surface area contributed by atoms with Gasteiger partial charge in [0.2, 0.25) is 0 Å². The molecule has 7 heteroatoms. The van der Waals surface area contributed by atoms with E-state index in [1.807, 2.05) is 60.7 Å². The third-order valence-electron chi connectivity index (χ3n) is 9.11. The Balaban J connectivity index is 0.000000194. The van der Waals surface area contributed by atoms with Crippen molar-refractivity contribution in [2.24, 2.45) is 0 Å². The van der Waals surface area contributed by atoms with E-state index in [4.69, 9.17) is 21.3 Å². The molecule has 0 spiro atoms. The van der Waals surface area contributed by atoms with Crippen molar-refractivity contribution in [3.8, 4) is 0 Å². The first-order chi connectivity index (χ1) is 27.9. The van der Waals surface area contributed by atoms with E-state index in [2.05, 4.69) is 175 Å². The van der Waals surface area contributed by atoms with Crippen molar-refractivity contribution in [1.82, 2.24) is 9.13 Å². The fourth-order valence-corrected chi connectivity index (χ4v) is 6.77. The molecule has 0 atom stereocenters. The Kier molecular flexibility index (Phi) is 18.5. The fraction of sp³-hybridized carbons (Fsp3) is 0.269. The monoisotopic (exact) mass is 858 g/mol. The van der Waals surface area contributed by atoms with E-state index in [0.717, 1.165) is 11.1 Å². The molecule has 6 nitrogen and oxygen atoms in total. The zero-order chi connectivity index (χ0) is 41.6. The molecule has 0 radical (unpaired) electrons. The summed E-state index contributed by atoms with van der Waals surface area (Å²) >= 11 is 0. The second-order valence-corrected chi connectivity index (χ2v) is 15.4. The van der Waals surface area contributed by atoms with E-state index in [1.165, 1.54) is 43.6 Å². The summed E-state index contributed by atoms with van der Waals surface area (Å²) in [7, 11) is 0. The Morgan fingerprint density at radius 2 is 0.525 bits per heavy atom. The topological polar surface area (TPSA) is 66.3 Å². The van der Waals surface area contributed by atoms with Crippen LogP contribution in [0.25, 0.3) is 64.9 Å². The molecule has 0 aliphatic rings. The quantitative estimate of drug-likeness (QED) is 0.123. The summed E-state index contributed by atoms with van der Waals surface area (Å²) in [5.74, 6) is 0. The van der Waals surface area contributed by atoms with Gasteiger partial charge >= 0.3 is 0 Å². The SMILES string of the molecule is CC(C)[N-]C([N-]C(C)C)n1c2ccccc2c2ccccc21.CC(C)[N-]C([N-]C(C)C)n1c2ccccc2c2ccccc21.[CH2-]c1ccccc1.[CH2-]c1ccccc1.[Zr]. The third-order valence-corrected chi connectivity index (χ3v) is 9.11. The molecule has 2 heterocycles. The van der Waals surface area contributed by atoms with Crippen molar-refractivity contribution >= 4 is 43.6 Å². The van der Waals surface area contributed by atoms with E-state index < -0.39 is 0 Å². The second kappa shape index (κ2) is 23.2. The first-order valence-electron chi connectivity index (χ1n) is 20.4. The van der Waals surface area contributed by atoms with Gasteiger partial charge in [-0.1, -0.05) is 140 Å². The summed E-state index contributed by atoms with van der Waals surface area (Å²) in [6, 6.07) is 54.8. The fourth-order valence-electron chi connectivity index (χ4n) is 6.77. The summed E-state index contributed by atoms with van der Waals surface area (Å²) in [6.07, 6.45) is -0.352. The molecule has 0 aliphatic heterocycles. The predicted molar refractivity (Wildman–Crippen MR) is 253 cm³/mol. The van der Waals surface area contributed by atoms with Crippen LogP contribution in [0.15, 0.2) is 158 Å². The average Bonchev–Trinajstić information content (AvgIpc) is 3.71. The van der Waals surface area contributed by atoms with Gasteiger partial charge in [0.1, 0.15) is 0 Å². The van der Waals surface area contributed by atoms with E-state index in [1.54, 1.807) is 0 Å². The van der Waals surface area contributed by atoms with Gasteiger partial charge in [-0.15, -0.1) is 48.4 Å². The van der Waals surface area contributed by atoms with Gasteiger partial charge in [-0.25, -0.2) is 0 Å². The summed E-state index contributed by atoms with van der Waals surface area (Å²) in [5, 5.41) is 24.5. The van der Waals surface area contributed by atoms with Crippen LogP contribution in [-0.4, -0.2) is 33.3 Å². The van der Waals surface area contributed by atoms with Gasteiger partial charge in [-0.05, 0) is 24.3 Å². The first-order valence-corrected chi connectivity index (χ1v) is 20.4. The molecular formula is C52H60N6Zr-6. The minimum atomic E-state index is -0.176. The first kappa shape index (κ1) is 47.1. The van der Waals surface area contributed by atoms with Crippen LogP contribution in [0.5, 0.6) is 0 Å². The Labute approximate surface area is 372 Å². The van der Waals surface area contributed by atoms with Crippen molar-refractivity contribution in [3.63, 3.8) is 0 Å². The van der Waals surface area contributed by atoms with Crippen LogP contribution in [0.1, 0.15) is 79.1 Å². The number of hydrogen-bond acceptors (Lipinski definition) is 0. The van der Waals surface area contributed by atoms with Gasteiger partial charge in [-0.2, -0.15) is 61.8 Å². The van der Waals surface area contributed by atoms with Crippen molar-refractivity contribution in [2.75, 3.05) is 0 Å². The largest absolute Gasteiger partial charge is 0.658 e. The summed E-state index contributed by atoms with van der Waals surface area (Å²) in [4.78, 5) is 0. The average molecular weight is 860 g/mol. The van der Waals surface area contributed by atoms with Gasteiger partial charge in [-0.3, -0.25) is 0 Å². The number of rotatable bonds is 10. The molecule has 0 N–H and O–H groups in total. The van der Waals surface area contributed by atoms with E-state index in [-0.39, 0.29) is 63.0 Å². The third kappa shape index (κ3) is 13.2. The normalized spacial score (nSPS) is 11.2. The van der Waals surface area contributed by atoms with Crippen molar-refractivity contribution < 1.29 is 26.2 Å². The molecule has 0 saturated carbocycles. The summed E-state index contributed by atoms with van der Waals surface area (Å²) in [6.45, 7) is 24.3. The van der Waals surface area contributed by atoms with Crippen LogP contribution < -0.4 is 0 Å². The molecule has 0 amide bonds. The molecule has 0 saturated heterocycles. The Morgan fingerprint density at radius 3 is 0.712 bits per heavy atom. The Hall–Kier alpha value is -4.62. The van der Waals surface area contributed by atoms with Gasteiger partial charge in [0.25, 0.3) is 0 Å². The number of fused-ring (bicyclic) bond motifs is 6. The maximum Gasteiger partial charge on any atom is 0.0461 e. The molecule has 0 unspecified atom stereocenters. The minimum Gasteiger partial charge on any atom is -0.658 e. The van der Waals surface area contributed by atoms with Crippen molar-refractivity contribution in [3.05, 3.63) is 204 Å². The van der Waals surface area contributed by atoms with Gasteiger partial charge < -0.3 is 30.4 Å². The summed E-state index contributed by atoms with van der Waals surface area (Å²) in [5.41, 5.74) is 6.93. The van der Waals surface area contributed by atoms with Gasteiger partial charge in [0.15, 0.2) is 0 Å². The summed E-state index contributed by atoms with van der Waals surface area (Å²) < 4.78 is 4.54. The molecule has 59 heavy (non-hydrogen) atoms. The Bertz CT molecular complexity index is 2120. The van der Waals surface area contributed by atoms with Crippen LogP contribution in [0.2, 0.25) is 0 Å². The molecule has 2 aromatic heterocycles. The molecule has 8 rings (SSSR count). The van der Waals surface area contributed by atoms with Crippen molar-refractivity contribution in [1.29, 1.82) is 0 Å². The number of benzene rings is 6. The Morgan fingerprint density at radius 1 is 0.322 bits per heavy atom. The van der Waals surface area contributed by atoms with Crippen LogP contribution in [0.4, 0.5) is 0 Å². The van der Waals surface area contributed by atoms with E-state index >= 15 is 0 Å². The molecule has 0 fully saturated rings. The minimum absolute atomic E-state index is 0. The predicted octanol–water partition coefficient (Wildman–Crippen LogP) is 15.4. The maximum absolute atomic E-state index is 4.86. The smallest absolute Gasteiger partial charge is 0.0461 e. The molecule has 8 aromatic rings. The molecule has 6 aromatic carbocycles. The second-order valence-electron chi connectivity index (χ2n) is 15.4. The van der Waals surface area contributed by atoms with E-state index in [9.17, 15) is 0 Å². The molecular weight excluding hydrogens is 800 g/mol.